The van der Waals surface area contributed by atoms with Gasteiger partial charge in [0.15, 0.2) is 0 Å². The summed E-state index contributed by atoms with van der Waals surface area (Å²) in [6.07, 6.45) is 21.8. The maximum absolute atomic E-state index is 11.4. The molecule has 4 nitrogen and oxygen atoms in total. The Labute approximate surface area is 230 Å². The largest absolute Gasteiger partial charge is 1.00 e. The summed E-state index contributed by atoms with van der Waals surface area (Å²) >= 11 is 0. The van der Waals surface area contributed by atoms with Gasteiger partial charge in [0, 0.05) is 5.25 Å². The minimum absolute atomic E-state index is 0. The third kappa shape index (κ3) is 22.7. The van der Waals surface area contributed by atoms with E-state index in [-0.39, 0.29) is 51.4 Å². The van der Waals surface area contributed by atoms with Crippen LogP contribution < -0.4 is 51.4 Å². The van der Waals surface area contributed by atoms with E-state index < -0.39 is 21.5 Å². The minimum atomic E-state index is -4.25. The zero-order valence-corrected chi connectivity index (χ0v) is 24.3. The molecule has 0 aliphatic carbocycles. The Bertz CT molecular complexity index is 442. The molecule has 0 aliphatic rings. The molecule has 0 radical (unpaired) electrons. The molecule has 0 rings (SSSR count). The van der Waals surface area contributed by atoms with Crippen LogP contribution in [0.4, 0.5) is 0 Å². The first-order valence-electron chi connectivity index (χ1n) is 12.5. The zero-order chi connectivity index (χ0) is 21.8. The molecule has 0 amide bonds. The normalized spacial score (nSPS) is 13.7. The van der Waals surface area contributed by atoms with Crippen LogP contribution in [0.1, 0.15) is 142 Å². The quantitative estimate of drug-likeness (QED) is 0.146. The summed E-state index contributed by atoms with van der Waals surface area (Å²) in [7, 11) is -4.25. The van der Waals surface area contributed by atoms with Crippen molar-refractivity contribution in [3.8, 4) is 0 Å². The van der Waals surface area contributed by atoms with Crippen LogP contribution in [0.15, 0.2) is 0 Å². The molecule has 176 valence electrons. The van der Waals surface area contributed by atoms with Crippen molar-refractivity contribution in [1.29, 1.82) is 0 Å². The van der Waals surface area contributed by atoms with Crippen molar-refractivity contribution in [2.45, 2.75) is 154 Å². The van der Waals surface area contributed by atoms with E-state index in [1.54, 1.807) is 0 Å². The molecule has 0 saturated heterocycles. The molecule has 6 heteroatoms. The van der Waals surface area contributed by atoms with Crippen molar-refractivity contribution in [3.63, 3.8) is 0 Å². The average Bonchev–Trinajstić information content (AvgIpc) is 2.68. The maximum Gasteiger partial charge on any atom is 1.00 e. The van der Waals surface area contributed by atoms with E-state index >= 15 is 0 Å². The van der Waals surface area contributed by atoms with Crippen LogP contribution in [0.2, 0.25) is 0 Å². The molecule has 0 aromatic rings. The van der Waals surface area contributed by atoms with E-state index in [4.69, 9.17) is 0 Å². The molecule has 30 heavy (non-hydrogen) atoms. The fourth-order valence-electron chi connectivity index (χ4n) is 3.94. The molecule has 0 saturated carbocycles. The summed E-state index contributed by atoms with van der Waals surface area (Å²) in [6, 6.07) is 0. The summed E-state index contributed by atoms with van der Waals surface area (Å²) in [5.41, 5.74) is 0. The van der Waals surface area contributed by atoms with Gasteiger partial charge in [0.05, 0.1) is 16.2 Å². The van der Waals surface area contributed by atoms with Gasteiger partial charge in [-0.15, -0.1) is 0 Å². The Hall–Kier alpha value is 1.51. The first kappa shape index (κ1) is 33.7. The minimum Gasteiger partial charge on any atom is -0.748 e. The van der Waals surface area contributed by atoms with Crippen LogP contribution in [-0.2, 0) is 10.1 Å². The molecule has 0 bridgehead atoms. The third-order valence-corrected chi connectivity index (χ3v) is 7.37. The summed E-state index contributed by atoms with van der Waals surface area (Å²) in [5, 5.41) is 8.76. The molecule has 0 aliphatic heterocycles. The second-order valence-electron chi connectivity index (χ2n) is 8.85. The molecule has 2 atom stereocenters. The van der Waals surface area contributed by atoms with Crippen LogP contribution in [0.5, 0.6) is 0 Å². The number of unbranched alkanes of at least 4 members (excludes halogenated alkanes) is 15. The molecule has 0 heterocycles. The van der Waals surface area contributed by atoms with Gasteiger partial charge in [0.1, 0.15) is 0 Å². The summed E-state index contributed by atoms with van der Waals surface area (Å²) in [6.45, 7) is 4.13. The molecule has 0 spiro atoms. The fourth-order valence-corrected chi connectivity index (χ4v) is 4.82. The molecular formula is C24H49KO4S. The van der Waals surface area contributed by atoms with Crippen LogP contribution in [0.25, 0.3) is 0 Å². The van der Waals surface area contributed by atoms with Gasteiger partial charge in [-0.2, -0.15) is 0 Å². The Kier molecular flexibility index (Phi) is 26.6. The van der Waals surface area contributed by atoms with Gasteiger partial charge < -0.3 is 9.66 Å². The van der Waals surface area contributed by atoms with Gasteiger partial charge in [0.2, 0.25) is 0 Å². The van der Waals surface area contributed by atoms with E-state index in [9.17, 15) is 18.1 Å². The number of hydrogen-bond donors (Lipinski definition) is 1. The Balaban J connectivity index is 0. The predicted molar refractivity (Wildman–Crippen MR) is 123 cm³/mol. The van der Waals surface area contributed by atoms with Crippen LogP contribution in [0, 0.1) is 0 Å². The first-order chi connectivity index (χ1) is 13.9. The third-order valence-electron chi connectivity index (χ3n) is 6.08. The average molecular weight is 473 g/mol. The molecule has 2 unspecified atom stereocenters. The van der Waals surface area contributed by atoms with Gasteiger partial charge >= 0.3 is 51.4 Å². The van der Waals surface area contributed by atoms with E-state index in [2.05, 4.69) is 6.92 Å². The van der Waals surface area contributed by atoms with Crippen molar-refractivity contribution in [2.24, 2.45) is 0 Å². The number of aliphatic hydroxyl groups is 1. The zero-order valence-electron chi connectivity index (χ0n) is 20.4. The van der Waals surface area contributed by atoms with Crippen molar-refractivity contribution in [3.05, 3.63) is 0 Å². The second kappa shape index (κ2) is 23.7. The second-order valence-corrected chi connectivity index (χ2v) is 10.5. The first-order valence-corrected chi connectivity index (χ1v) is 14.0. The Morgan fingerprint density at radius 1 is 0.633 bits per heavy atom. The SMILES string of the molecule is CCCCCCCCCCCCCCCCCCC(CCC(O)CC)S(=O)(=O)[O-].[K+]. The van der Waals surface area contributed by atoms with Crippen molar-refractivity contribution in [2.75, 3.05) is 0 Å². The molecular weight excluding hydrogens is 423 g/mol. The molecule has 1 N–H and O–H groups in total. The van der Waals surface area contributed by atoms with Gasteiger partial charge in [0.25, 0.3) is 0 Å². The maximum atomic E-state index is 11.4. The Morgan fingerprint density at radius 2 is 1.00 bits per heavy atom. The monoisotopic (exact) mass is 472 g/mol. The van der Waals surface area contributed by atoms with Gasteiger partial charge in [-0.3, -0.25) is 0 Å². The van der Waals surface area contributed by atoms with Gasteiger partial charge in [-0.05, 0) is 25.7 Å². The predicted octanol–water partition coefficient (Wildman–Crippen LogP) is 4.11. The van der Waals surface area contributed by atoms with Crippen molar-refractivity contribution in [1.82, 2.24) is 0 Å². The molecule has 0 aromatic carbocycles. The van der Waals surface area contributed by atoms with E-state index in [1.807, 2.05) is 6.92 Å². The number of rotatable bonds is 22. The molecule has 0 aromatic heterocycles. The van der Waals surface area contributed by atoms with Crippen molar-refractivity contribution >= 4 is 10.1 Å². The summed E-state index contributed by atoms with van der Waals surface area (Å²) in [4.78, 5) is 0. The van der Waals surface area contributed by atoms with Gasteiger partial charge in [-0.25, -0.2) is 8.42 Å². The smallest absolute Gasteiger partial charge is 0.748 e. The van der Waals surface area contributed by atoms with E-state index in [0.717, 1.165) is 19.3 Å². The van der Waals surface area contributed by atoms with Crippen LogP contribution >= 0.6 is 0 Å². The fraction of sp³-hybridized carbons (Fsp3) is 1.00. The Morgan fingerprint density at radius 3 is 1.33 bits per heavy atom. The standard InChI is InChI=1S/C24H50O4S.K/c1-3-5-6-7-8-9-10-11-12-13-14-15-16-17-18-19-20-24(29(26,27)28)22-21-23(25)4-2;/h23-25H,3-22H2,1-2H3,(H,26,27,28);/q;+1/p-1. The summed E-state index contributed by atoms with van der Waals surface area (Å²) in [5.74, 6) is 0. The van der Waals surface area contributed by atoms with Crippen LogP contribution in [-0.4, -0.2) is 29.4 Å². The van der Waals surface area contributed by atoms with Crippen LogP contribution in [0.3, 0.4) is 0 Å². The number of hydrogen-bond acceptors (Lipinski definition) is 4. The van der Waals surface area contributed by atoms with E-state index in [1.165, 1.54) is 83.5 Å². The van der Waals surface area contributed by atoms with Crippen molar-refractivity contribution < 1.29 is 69.5 Å². The topological polar surface area (TPSA) is 77.4 Å². The number of aliphatic hydroxyl groups excluding tert-OH is 1. The molecule has 0 fully saturated rings. The summed E-state index contributed by atoms with van der Waals surface area (Å²) < 4.78 is 34.2. The van der Waals surface area contributed by atoms with E-state index in [0.29, 0.717) is 25.7 Å². The van der Waals surface area contributed by atoms with Gasteiger partial charge in [-0.1, -0.05) is 117 Å².